The largest absolute Gasteiger partial charge is 0.456 e. The quantitative estimate of drug-likeness (QED) is 0.367. The van der Waals surface area contributed by atoms with Crippen molar-refractivity contribution in [2.45, 2.75) is 33.1 Å². The summed E-state index contributed by atoms with van der Waals surface area (Å²) in [4.78, 5) is 36.6. The van der Waals surface area contributed by atoms with Crippen molar-refractivity contribution in [1.82, 2.24) is 0 Å². The van der Waals surface area contributed by atoms with Gasteiger partial charge in [-0.25, -0.2) is 0 Å². The summed E-state index contributed by atoms with van der Waals surface area (Å²) in [5.74, 6) is -1.11. The smallest absolute Gasteiger partial charge is 0.306 e. The predicted octanol–water partition coefficient (Wildman–Crippen LogP) is 5.37. The first kappa shape index (κ1) is 22.9. The molecular formula is C27H27NO4. The monoisotopic (exact) mass is 429 g/mol. The molecule has 164 valence electrons. The van der Waals surface area contributed by atoms with Crippen molar-refractivity contribution in [2.75, 3.05) is 11.9 Å². The topological polar surface area (TPSA) is 72.5 Å². The van der Waals surface area contributed by atoms with Gasteiger partial charge in [0.2, 0.25) is 0 Å². The average molecular weight is 430 g/mol. The molecule has 1 N–H and O–H groups in total. The van der Waals surface area contributed by atoms with Gasteiger partial charge in [0.1, 0.15) is 0 Å². The van der Waals surface area contributed by atoms with Crippen LogP contribution in [0.15, 0.2) is 72.8 Å². The van der Waals surface area contributed by atoms with Gasteiger partial charge in [-0.2, -0.15) is 0 Å². The van der Waals surface area contributed by atoms with E-state index in [1.165, 1.54) is 0 Å². The number of benzene rings is 3. The highest BCUT2D eigenvalue weighted by atomic mass is 16.5. The lowest BCUT2D eigenvalue weighted by atomic mass is 10.0. The molecular weight excluding hydrogens is 402 g/mol. The highest BCUT2D eigenvalue weighted by Gasteiger charge is 2.14. The van der Waals surface area contributed by atoms with Gasteiger partial charge < -0.3 is 10.1 Å². The van der Waals surface area contributed by atoms with Crippen LogP contribution in [0, 0.1) is 6.92 Å². The molecule has 1 amide bonds. The second-order valence-electron chi connectivity index (χ2n) is 7.54. The van der Waals surface area contributed by atoms with E-state index >= 15 is 0 Å². The summed E-state index contributed by atoms with van der Waals surface area (Å²) in [6, 6.07) is 23.0. The molecule has 0 bridgehead atoms. The lowest BCUT2D eigenvalue weighted by Gasteiger charge is -2.13. The molecule has 0 aliphatic rings. The molecule has 0 fully saturated rings. The third-order valence-corrected chi connectivity index (χ3v) is 5.24. The molecule has 0 unspecified atom stereocenters. The maximum atomic E-state index is 12.4. The Morgan fingerprint density at radius 1 is 0.812 bits per heavy atom. The van der Waals surface area contributed by atoms with Crippen molar-refractivity contribution in [2.24, 2.45) is 0 Å². The maximum Gasteiger partial charge on any atom is 0.306 e. The van der Waals surface area contributed by atoms with Crippen molar-refractivity contribution < 1.29 is 19.1 Å². The van der Waals surface area contributed by atoms with E-state index < -0.39 is 11.9 Å². The molecule has 5 nitrogen and oxygen atoms in total. The Balaban J connectivity index is 1.45. The van der Waals surface area contributed by atoms with Gasteiger partial charge in [-0.15, -0.1) is 0 Å². The van der Waals surface area contributed by atoms with E-state index in [1.54, 1.807) is 12.1 Å². The van der Waals surface area contributed by atoms with Gasteiger partial charge >= 0.3 is 5.97 Å². The fourth-order valence-corrected chi connectivity index (χ4v) is 3.43. The number of anilines is 1. The summed E-state index contributed by atoms with van der Waals surface area (Å²) < 4.78 is 5.05. The molecule has 3 aromatic carbocycles. The van der Waals surface area contributed by atoms with Gasteiger partial charge in [0, 0.05) is 17.7 Å². The molecule has 0 atom stereocenters. The molecule has 0 saturated carbocycles. The average Bonchev–Trinajstić information content (AvgIpc) is 2.83. The molecule has 3 rings (SSSR count). The van der Waals surface area contributed by atoms with Crippen molar-refractivity contribution in [3.8, 4) is 11.1 Å². The van der Waals surface area contributed by atoms with Crippen molar-refractivity contribution in [3.63, 3.8) is 0 Å². The second kappa shape index (κ2) is 11.0. The summed E-state index contributed by atoms with van der Waals surface area (Å²) in [6.45, 7) is 3.55. The number of Topliss-reactive ketones (excluding diaryl/α,β-unsaturated/α-hetero) is 1. The van der Waals surface area contributed by atoms with E-state index in [2.05, 4.69) is 5.32 Å². The van der Waals surface area contributed by atoms with Gasteiger partial charge in [-0.3, -0.25) is 14.4 Å². The fraction of sp³-hybridized carbons (Fsp3) is 0.222. The minimum Gasteiger partial charge on any atom is -0.456 e. The molecule has 5 heteroatoms. The van der Waals surface area contributed by atoms with E-state index in [4.69, 9.17) is 4.74 Å². The standard InChI is InChI=1S/C27H27NO4/c1-3-20-11-7-8-19(2)27(20)28-25(30)18-32-26(31)17-16-24(29)23-14-12-22(13-15-23)21-9-5-4-6-10-21/h4-15H,3,16-18H2,1-2H3,(H,28,30). The highest BCUT2D eigenvalue weighted by Crippen LogP contribution is 2.21. The third kappa shape index (κ3) is 6.14. The van der Waals surface area contributed by atoms with Crippen LogP contribution in [0.5, 0.6) is 0 Å². The fourth-order valence-electron chi connectivity index (χ4n) is 3.43. The Labute approximate surface area is 188 Å². The van der Waals surface area contributed by atoms with Crippen LogP contribution in [0.1, 0.15) is 41.3 Å². The number of nitrogens with one attached hydrogen (secondary N) is 1. The number of ether oxygens (including phenoxy) is 1. The SMILES string of the molecule is CCc1cccc(C)c1NC(=O)COC(=O)CCC(=O)c1ccc(-c2ccccc2)cc1. The van der Waals surface area contributed by atoms with Crippen LogP contribution in [0.25, 0.3) is 11.1 Å². The van der Waals surface area contributed by atoms with Crippen LogP contribution >= 0.6 is 0 Å². The van der Waals surface area contributed by atoms with E-state index in [0.29, 0.717) is 5.56 Å². The molecule has 0 aliphatic heterocycles. The van der Waals surface area contributed by atoms with Gasteiger partial charge in [0.05, 0.1) is 6.42 Å². The Bertz CT molecular complexity index is 1090. The lowest BCUT2D eigenvalue weighted by Crippen LogP contribution is -2.22. The number of para-hydroxylation sites is 1. The number of ketones is 1. The Morgan fingerprint density at radius 3 is 2.19 bits per heavy atom. The third-order valence-electron chi connectivity index (χ3n) is 5.24. The number of carbonyl (C=O) groups excluding carboxylic acids is 3. The predicted molar refractivity (Wildman–Crippen MR) is 126 cm³/mol. The molecule has 32 heavy (non-hydrogen) atoms. The normalized spacial score (nSPS) is 10.4. The van der Waals surface area contributed by atoms with E-state index in [-0.39, 0.29) is 25.2 Å². The maximum absolute atomic E-state index is 12.4. The number of hydrogen-bond donors (Lipinski definition) is 1. The molecule has 0 radical (unpaired) electrons. The van der Waals surface area contributed by atoms with Crippen LogP contribution in [0.3, 0.4) is 0 Å². The molecule has 3 aromatic rings. The molecule has 0 aromatic heterocycles. The van der Waals surface area contributed by atoms with Gasteiger partial charge in [0.25, 0.3) is 5.91 Å². The number of aryl methyl sites for hydroxylation is 2. The number of amides is 1. The first-order chi connectivity index (χ1) is 15.5. The van der Waals surface area contributed by atoms with Crippen LogP contribution < -0.4 is 5.32 Å². The van der Waals surface area contributed by atoms with E-state index in [1.807, 2.05) is 74.5 Å². The van der Waals surface area contributed by atoms with Gasteiger partial charge in [0.15, 0.2) is 12.4 Å². The van der Waals surface area contributed by atoms with E-state index in [9.17, 15) is 14.4 Å². The Kier molecular flexibility index (Phi) is 7.92. The number of carbonyl (C=O) groups is 3. The van der Waals surface area contributed by atoms with Crippen LogP contribution in [-0.4, -0.2) is 24.3 Å². The molecule has 0 heterocycles. The van der Waals surface area contributed by atoms with Crippen molar-refractivity contribution in [1.29, 1.82) is 0 Å². The molecule has 0 saturated heterocycles. The molecule has 0 spiro atoms. The first-order valence-electron chi connectivity index (χ1n) is 10.7. The Morgan fingerprint density at radius 2 is 1.50 bits per heavy atom. The van der Waals surface area contributed by atoms with Crippen molar-refractivity contribution in [3.05, 3.63) is 89.5 Å². The van der Waals surface area contributed by atoms with Gasteiger partial charge in [-0.1, -0.05) is 79.7 Å². The Hall–Kier alpha value is -3.73. The van der Waals surface area contributed by atoms with Crippen LogP contribution in [0.4, 0.5) is 5.69 Å². The minimum atomic E-state index is -0.574. The van der Waals surface area contributed by atoms with Gasteiger partial charge in [-0.05, 0) is 35.6 Å². The van der Waals surface area contributed by atoms with Crippen molar-refractivity contribution >= 4 is 23.3 Å². The summed E-state index contributed by atoms with van der Waals surface area (Å²) in [5, 5.41) is 2.81. The minimum absolute atomic E-state index is 0.0307. The zero-order valence-corrected chi connectivity index (χ0v) is 18.4. The zero-order valence-electron chi connectivity index (χ0n) is 18.4. The summed E-state index contributed by atoms with van der Waals surface area (Å²) in [6.07, 6.45) is 0.742. The van der Waals surface area contributed by atoms with Crippen LogP contribution in [0.2, 0.25) is 0 Å². The first-order valence-corrected chi connectivity index (χ1v) is 10.7. The highest BCUT2D eigenvalue weighted by molar-refractivity contribution is 5.98. The number of esters is 1. The summed E-state index contributed by atoms with van der Waals surface area (Å²) >= 11 is 0. The number of rotatable bonds is 9. The number of hydrogen-bond acceptors (Lipinski definition) is 4. The second-order valence-corrected chi connectivity index (χ2v) is 7.54. The summed E-state index contributed by atoms with van der Waals surface area (Å²) in [5.41, 5.74) is 5.37. The zero-order chi connectivity index (χ0) is 22.9. The summed E-state index contributed by atoms with van der Waals surface area (Å²) in [7, 11) is 0. The van der Waals surface area contributed by atoms with E-state index in [0.717, 1.165) is 34.4 Å². The van der Waals surface area contributed by atoms with Crippen LogP contribution in [-0.2, 0) is 20.7 Å². The lowest BCUT2D eigenvalue weighted by molar-refractivity contribution is -0.147. The molecule has 0 aliphatic carbocycles.